The lowest BCUT2D eigenvalue weighted by molar-refractivity contribution is 0.0955. The number of halogens is 2. The molecule has 0 aliphatic carbocycles. The van der Waals surface area contributed by atoms with Crippen molar-refractivity contribution in [1.29, 1.82) is 0 Å². The second kappa shape index (κ2) is 8.74. The van der Waals surface area contributed by atoms with Crippen LogP contribution in [0.15, 0.2) is 41.5 Å². The molecule has 0 fully saturated rings. The second-order valence-corrected chi connectivity index (χ2v) is 6.60. The Morgan fingerprint density at radius 1 is 1.28 bits per heavy atom. The maximum absolute atomic E-state index is 12.1. The van der Waals surface area contributed by atoms with E-state index in [2.05, 4.69) is 24.4 Å². The summed E-state index contributed by atoms with van der Waals surface area (Å²) in [4.78, 5) is 12.1. The van der Waals surface area contributed by atoms with E-state index in [9.17, 15) is 9.90 Å². The van der Waals surface area contributed by atoms with Gasteiger partial charge in [-0.3, -0.25) is 4.79 Å². The van der Waals surface area contributed by atoms with E-state index in [1.807, 2.05) is 0 Å². The molecule has 2 rings (SSSR count). The molecule has 0 spiro atoms. The van der Waals surface area contributed by atoms with Crippen molar-refractivity contribution in [2.24, 2.45) is 11.0 Å². The fourth-order valence-electron chi connectivity index (χ4n) is 1.87. The third-order valence-electron chi connectivity index (χ3n) is 3.13. The van der Waals surface area contributed by atoms with Gasteiger partial charge in [-0.05, 0) is 42.3 Å². The Morgan fingerprint density at radius 2 is 1.96 bits per heavy atom. The quantitative estimate of drug-likeness (QED) is 0.572. The van der Waals surface area contributed by atoms with Gasteiger partial charge in [0.05, 0.1) is 17.8 Å². The molecule has 132 valence electrons. The molecular formula is C18H18Cl2N2O3. The van der Waals surface area contributed by atoms with E-state index in [1.54, 1.807) is 24.3 Å². The molecule has 0 atom stereocenters. The first-order chi connectivity index (χ1) is 11.9. The SMILES string of the molecule is CC(C)COc1ccc(C(=O)N/N=C/c2cc(Cl)cc(Cl)c2O)cc1. The topological polar surface area (TPSA) is 70.9 Å². The van der Waals surface area contributed by atoms with Crippen LogP contribution in [0, 0.1) is 5.92 Å². The molecule has 0 aliphatic heterocycles. The van der Waals surface area contributed by atoms with Gasteiger partial charge in [0.25, 0.3) is 5.91 Å². The van der Waals surface area contributed by atoms with E-state index in [4.69, 9.17) is 27.9 Å². The van der Waals surface area contributed by atoms with Crippen LogP contribution in [-0.2, 0) is 0 Å². The summed E-state index contributed by atoms with van der Waals surface area (Å²) in [5.41, 5.74) is 3.11. The van der Waals surface area contributed by atoms with Crippen LogP contribution in [0.5, 0.6) is 11.5 Å². The zero-order valence-electron chi connectivity index (χ0n) is 13.8. The fraction of sp³-hybridized carbons (Fsp3) is 0.222. The van der Waals surface area contributed by atoms with Crippen LogP contribution in [0.1, 0.15) is 29.8 Å². The average molecular weight is 381 g/mol. The molecule has 0 aliphatic rings. The Balaban J connectivity index is 1.98. The summed E-state index contributed by atoms with van der Waals surface area (Å²) in [5.74, 6) is 0.580. The van der Waals surface area contributed by atoms with Crippen LogP contribution in [0.3, 0.4) is 0 Å². The Hall–Kier alpha value is -2.24. The molecule has 0 saturated carbocycles. The van der Waals surface area contributed by atoms with Gasteiger partial charge in [-0.2, -0.15) is 5.10 Å². The van der Waals surface area contributed by atoms with Crippen LogP contribution >= 0.6 is 23.2 Å². The number of amides is 1. The largest absolute Gasteiger partial charge is 0.506 e. The molecule has 2 aromatic carbocycles. The predicted molar refractivity (Wildman–Crippen MR) is 100.0 cm³/mol. The molecule has 0 unspecified atom stereocenters. The van der Waals surface area contributed by atoms with Gasteiger partial charge in [-0.1, -0.05) is 37.0 Å². The van der Waals surface area contributed by atoms with Crippen LogP contribution in [0.4, 0.5) is 0 Å². The molecule has 0 radical (unpaired) electrons. The molecular weight excluding hydrogens is 363 g/mol. The molecule has 0 bridgehead atoms. The molecule has 0 heterocycles. The summed E-state index contributed by atoms with van der Waals surface area (Å²) in [7, 11) is 0. The number of hydrazone groups is 1. The normalized spacial score (nSPS) is 11.1. The van der Waals surface area contributed by atoms with Gasteiger partial charge in [0, 0.05) is 16.1 Å². The number of carbonyl (C=O) groups excluding carboxylic acids is 1. The third-order valence-corrected chi connectivity index (χ3v) is 3.63. The zero-order chi connectivity index (χ0) is 18.4. The Kier molecular flexibility index (Phi) is 6.67. The number of nitrogens with one attached hydrogen (secondary N) is 1. The highest BCUT2D eigenvalue weighted by Gasteiger charge is 2.07. The van der Waals surface area contributed by atoms with E-state index in [0.29, 0.717) is 34.4 Å². The van der Waals surface area contributed by atoms with Crippen molar-refractivity contribution in [3.8, 4) is 11.5 Å². The zero-order valence-corrected chi connectivity index (χ0v) is 15.3. The number of phenolic OH excluding ortho intramolecular Hbond substituents is 1. The Labute approximate surface area is 156 Å². The number of ether oxygens (including phenoxy) is 1. The third kappa shape index (κ3) is 5.66. The van der Waals surface area contributed by atoms with Gasteiger partial charge in [-0.25, -0.2) is 5.43 Å². The van der Waals surface area contributed by atoms with Gasteiger partial charge in [0.1, 0.15) is 11.5 Å². The number of aromatic hydroxyl groups is 1. The first-order valence-corrected chi connectivity index (χ1v) is 8.36. The van der Waals surface area contributed by atoms with Crippen molar-refractivity contribution in [3.05, 3.63) is 57.6 Å². The van der Waals surface area contributed by atoms with E-state index in [0.717, 1.165) is 0 Å². The van der Waals surface area contributed by atoms with Gasteiger partial charge < -0.3 is 9.84 Å². The Bertz CT molecular complexity index is 775. The lowest BCUT2D eigenvalue weighted by Crippen LogP contribution is -2.17. The van der Waals surface area contributed by atoms with Crippen molar-refractivity contribution >= 4 is 35.3 Å². The van der Waals surface area contributed by atoms with Gasteiger partial charge in [0.2, 0.25) is 0 Å². The monoisotopic (exact) mass is 380 g/mol. The van der Waals surface area contributed by atoms with E-state index in [-0.39, 0.29) is 16.7 Å². The number of benzene rings is 2. The molecule has 2 N–H and O–H groups in total. The molecule has 0 aromatic heterocycles. The summed E-state index contributed by atoms with van der Waals surface area (Å²) in [6.45, 7) is 4.73. The number of hydrogen-bond acceptors (Lipinski definition) is 4. The molecule has 2 aromatic rings. The van der Waals surface area contributed by atoms with Crippen molar-refractivity contribution in [2.45, 2.75) is 13.8 Å². The van der Waals surface area contributed by atoms with E-state index < -0.39 is 0 Å². The minimum atomic E-state index is -0.390. The first kappa shape index (κ1) is 19.1. The van der Waals surface area contributed by atoms with Crippen LogP contribution < -0.4 is 10.2 Å². The summed E-state index contributed by atoms with van der Waals surface area (Å²) < 4.78 is 5.56. The minimum Gasteiger partial charge on any atom is -0.506 e. The van der Waals surface area contributed by atoms with Crippen molar-refractivity contribution in [1.82, 2.24) is 5.43 Å². The van der Waals surface area contributed by atoms with Crippen LogP contribution in [-0.4, -0.2) is 23.8 Å². The number of hydrogen-bond donors (Lipinski definition) is 2. The van der Waals surface area contributed by atoms with E-state index >= 15 is 0 Å². The highest BCUT2D eigenvalue weighted by molar-refractivity contribution is 6.36. The highest BCUT2D eigenvalue weighted by Crippen LogP contribution is 2.29. The molecule has 1 amide bonds. The second-order valence-electron chi connectivity index (χ2n) is 5.75. The minimum absolute atomic E-state index is 0.109. The lowest BCUT2D eigenvalue weighted by atomic mass is 10.2. The van der Waals surface area contributed by atoms with Gasteiger partial charge in [-0.15, -0.1) is 0 Å². The van der Waals surface area contributed by atoms with Crippen molar-refractivity contribution in [3.63, 3.8) is 0 Å². The maximum atomic E-state index is 12.1. The van der Waals surface area contributed by atoms with Crippen LogP contribution in [0.25, 0.3) is 0 Å². The van der Waals surface area contributed by atoms with Gasteiger partial charge in [0.15, 0.2) is 0 Å². The van der Waals surface area contributed by atoms with Crippen molar-refractivity contribution < 1.29 is 14.6 Å². The van der Waals surface area contributed by atoms with Crippen molar-refractivity contribution in [2.75, 3.05) is 6.61 Å². The standard InChI is InChI=1S/C18H18Cl2N2O3/c1-11(2)10-25-15-5-3-12(4-6-15)18(24)22-21-9-13-7-14(19)8-16(20)17(13)23/h3-9,11,23H,10H2,1-2H3,(H,22,24)/b21-9+. The first-order valence-electron chi connectivity index (χ1n) is 7.61. The summed E-state index contributed by atoms with van der Waals surface area (Å²) in [6.07, 6.45) is 1.27. The molecule has 0 saturated heterocycles. The lowest BCUT2D eigenvalue weighted by Gasteiger charge is -2.08. The molecule has 25 heavy (non-hydrogen) atoms. The highest BCUT2D eigenvalue weighted by atomic mass is 35.5. The number of rotatable bonds is 6. The number of phenols is 1. The summed E-state index contributed by atoms with van der Waals surface area (Å²) >= 11 is 11.7. The Morgan fingerprint density at radius 3 is 2.60 bits per heavy atom. The van der Waals surface area contributed by atoms with E-state index in [1.165, 1.54) is 18.3 Å². The molecule has 7 heteroatoms. The average Bonchev–Trinajstić information content (AvgIpc) is 2.57. The molecule has 5 nitrogen and oxygen atoms in total. The summed E-state index contributed by atoms with van der Waals surface area (Å²) in [6, 6.07) is 9.65. The number of nitrogens with zero attached hydrogens (tertiary/aromatic N) is 1. The van der Waals surface area contributed by atoms with Crippen LogP contribution in [0.2, 0.25) is 10.0 Å². The smallest absolute Gasteiger partial charge is 0.271 e. The predicted octanol–water partition coefficient (Wildman–Crippen LogP) is 4.50. The summed E-state index contributed by atoms with van der Waals surface area (Å²) in [5, 5.41) is 14.1. The fourth-order valence-corrected chi connectivity index (χ4v) is 2.38. The van der Waals surface area contributed by atoms with Gasteiger partial charge >= 0.3 is 0 Å². The maximum Gasteiger partial charge on any atom is 0.271 e. The number of carbonyl (C=O) groups is 1.